The normalized spacial score (nSPS) is 11.5. The molecular formula is C19H41BrClN. The Morgan fingerprint density at radius 1 is 0.545 bits per heavy atom. The number of alkyl halides is 1. The third-order valence-electron chi connectivity index (χ3n) is 4.72. The molecule has 0 spiro atoms. The van der Waals surface area contributed by atoms with Crippen molar-refractivity contribution < 1.29 is 16.9 Å². The Hall–Kier alpha value is 0.730. The first-order chi connectivity index (χ1) is 10.2. The zero-order valence-electron chi connectivity index (χ0n) is 15.5. The van der Waals surface area contributed by atoms with E-state index in [0.29, 0.717) is 0 Å². The molecule has 0 amide bonds. The fourth-order valence-corrected chi connectivity index (χ4v) is 3.70. The Kier molecular flexibility index (Phi) is 20.5. The Balaban J connectivity index is 0. The van der Waals surface area contributed by atoms with Gasteiger partial charge in [-0.1, -0.05) is 56.0 Å². The van der Waals surface area contributed by atoms with Gasteiger partial charge in [-0.25, -0.2) is 0 Å². The van der Waals surface area contributed by atoms with Crippen LogP contribution >= 0.6 is 15.9 Å². The molecular weight excluding hydrogens is 358 g/mol. The van der Waals surface area contributed by atoms with Crippen molar-refractivity contribution >= 4 is 15.9 Å². The fraction of sp³-hybridized carbons (Fsp3) is 1.00. The summed E-state index contributed by atoms with van der Waals surface area (Å²) in [7, 11) is 0. The van der Waals surface area contributed by atoms with Crippen LogP contribution in [0, 0.1) is 0 Å². The van der Waals surface area contributed by atoms with Gasteiger partial charge in [-0.15, -0.1) is 0 Å². The van der Waals surface area contributed by atoms with Crippen molar-refractivity contribution in [2.75, 3.05) is 31.5 Å². The summed E-state index contributed by atoms with van der Waals surface area (Å²) in [5.41, 5.74) is 0. The van der Waals surface area contributed by atoms with Gasteiger partial charge in [-0.05, 0) is 51.4 Å². The third-order valence-corrected chi connectivity index (χ3v) is 5.28. The molecule has 0 aromatic rings. The number of hydrogen-bond acceptors (Lipinski definition) is 0. The average molecular weight is 399 g/mol. The molecule has 0 atom stereocenters. The second kappa shape index (κ2) is 18.1. The van der Waals surface area contributed by atoms with Crippen LogP contribution in [0.1, 0.15) is 91.4 Å². The molecule has 0 heterocycles. The molecule has 136 valence electrons. The van der Waals surface area contributed by atoms with E-state index in [-0.39, 0.29) is 12.4 Å². The van der Waals surface area contributed by atoms with Crippen molar-refractivity contribution in [3.63, 3.8) is 0 Å². The minimum Gasteiger partial charge on any atom is -1.00 e. The lowest BCUT2D eigenvalue weighted by atomic mass is 10.1. The maximum atomic E-state index is 3.60. The van der Waals surface area contributed by atoms with Crippen LogP contribution in [0.25, 0.3) is 0 Å². The molecule has 0 unspecified atom stereocenters. The summed E-state index contributed by atoms with van der Waals surface area (Å²) < 4.78 is 1.42. The van der Waals surface area contributed by atoms with E-state index in [4.69, 9.17) is 0 Å². The van der Waals surface area contributed by atoms with Crippen LogP contribution < -0.4 is 12.4 Å². The van der Waals surface area contributed by atoms with Gasteiger partial charge in [-0.3, -0.25) is 0 Å². The quantitative estimate of drug-likeness (QED) is 0.212. The molecule has 0 aliphatic heterocycles. The lowest BCUT2D eigenvalue weighted by molar-refractivity contribution is -0.929. The molecule has 0 fully saturated rings. The highest BCUT2D eigenvalue weighted by atomic mass is 79.9. The SMILES string of the molecule is CCCCC[N+](CCCCC)(CCCCC)CCCCBr.[Cl-]. The number of halogens is 2. The highest BCUT2D eigenvalue weighted by Gasteiger charge is 2.25. The largest absolute Gasteiger partial charge is 1.00 e. The predicted octanol–water partition coefficient (Wildman–Crippen LogP) is 3.55. The molecule has 0 N–H and O–H groups in total. The van der Waals surface area contributed by atoms with Gasteiger partial charge in [-0.2, -0.15) is 0 Å². The highest BCUT2D eigenvalue weighted by Crippen LogP contribution is 2.18. The van der Waals surface area contributed by atoms with Crippen molar-refractivity contribution in [1.29, 1.82) is 0 Å². The smallest absolute Gasteiger partial charge is 0.0786 e. The van der Waals surface area contributed by atoms with E-state index in [9.17, 15) is 0 Å². The van der Waals surface area contributed by atoms with E-state index in [1.165, 1.54) is 107 Å². The Labute approximate surface area is 155 Å². The Morgan fingerprint density at radius 3 is 1.14 bits per heavy atom. The molecule has 0 saturated heterocycles. The summed E-state index contributed by atoms with van der Waals surface area (Å²) in [5.74, 6) is 0. The van der Waals surface area contributed by atoms with E-state index in [2.05, 4.69) is 36.7 Å². The Morgan fingerprint density at radius 2 is 0.864 bits per heavy atom. The topological polar surface area (TPSA) is 0 Å². The van der Waals surface area contributed by atoms with Gasteiger partial charge >= 0.3 is 0 Å². The molecule has 1 nitrogen and oxygen atoms in total. The van der Waals surface area contributed by atoms with Gasteiger partial charge in [0.1, 0.15) is 0 Å². The predicted molar refractivity (Wildman–Crippen MR) is 101 cm³/mol. The van der Waals surface area contributed by atoms with Crippen molar-refractivity contribution in [1.82, 2.24) is 0 Å². The molecule has 0 saturated carbocycles. The summed E-state index contributed by atoms with van der Waals surface area (Å²) >= 11 is 3.60. The first kappa shape index (κ1) is 25.0. The van der Waals surface area contributed by atoms with Gasteiger partial charge in [0.05, 0.1) is 26.2 Å². The molecule has 0 aromatic carbocycles. The molecule has 0 rings (SSSR count). The van der Waals surface area contributed by atoms with Crippen LogP contribution in [-0.4, -0.2) is 36.0 Å². The average Bonchev–Trinajstić information content (AvgIpc) is 2.48. The summed E-state index contributed by atoms with van der Waals surface area (Å²) in [6, 6.07) is 0. The molecule has 0 aromatic heterocycles. The van der Waals surface area contributed by atoms with Crippen LogP contribution in [0.15, 0.2) is 0 Å². The number of unbranched alkanes of at least 4 members (excludes halogenated alkanes) is 7. The summed E-state index contributed by atoms with van der Waals surface area (Å²) in [6.45, 7) is 12.7. The maximum Gasteiger partial charge on any atom is 0.0786 e. The van der Waals surface area contributed by atoms with Crippen LogP contribution in [0.4, 0.5) is 0 Å². The van der Waals surface area contributed by atoms with Gasteiger partial charge in [0.2, 0.25) is 0 Å². The number of quaternary nitrogens is 1. The van der Waals surface area contributed by atoms with Gasteiger partial charge < -0.3 is 16.9 Å². The highest BCUT2D eigenvalue weighted by molar-refractivity contribution is 9.09. The minimum absolute atomic E-state index is 0. The molecule has 0 bridgehead atoms. The standard InChI is InChI=1S/C19H41BrN.ClH/c1-4-7-11-16-21(17-12-8-5-2,18-13-9-6-3)19-14-10-15-20;/h4-19H2,1-3H3;1H/q+1;/p-1. The van der Waals surface area contributed by atoms with E-state index < -0.39 is 0 Å². The van der Waals surface area contributed by atoms with Gasteiger partial charge in [0.25, 0.3) is 0 Å². The van der Waals surface area contributed by atoms with Gasteiger partial charge in [0.15, 0.2) is 0 Å². The van der Waals surface area contributed by atoms with E-state index >= 15 is 0 Å². The molecule has 22 heavy (non-hydrogen) atoms. The van der Waals surface area contributed by atoms with Crippen LogP contribution in [0.3, 0.4) is 0 Å². The molecule has 0 aliphatic rings. The minimum atomic E-state index is 0. The lowest BCUT2D eigenvalue weighted by Crippen LogP contribution is -3.00. The number of nitrogens with zero attached hydrogens (tertiary/aromatic N) is 1. The van der Waals surface area contributed by atoms with Crippen molar-refractivity contribution in [2.24, 2.45) is 0 Å². The second-order valence-electron chi connectivity index (χ2n) is 6.75. The monoisotopic (exact) mass is 397 g/mol. The maximum absolute atomic E-state index is 3.60. The molecule has 0 radical (unpaired) electrons. The number of hydrogen-bond donors (Lipinski definition) is 0. The zero-order valence-corrected chi connectivity index (χ0v) is 17.9. The Bertz CT molecular complexity index is 166. The van der Waals surface area contributed by atoms with Crippen molar-refractivity contribution in [3.8, 4) is 0 Å². The fourth-order valence-electron chi connectivity index (χ4n) is 3.30. The zero-order chi connectivity index (χ0) is 15.8. The van der Waals surface area contributed by atoms with Crippen molar-refractivity contribution in [3.05, 3.63) is 0 Å². The van der Waals surface area contributed by atoms with Crippen LogP contribution in [-0.2, 0) is 0 Å². The molecule has 3 heteroatoms. The number of rotatable bonds is 16. The van der Waals surface area contributed by atoms with Gasteiger partial charge in [0, 0.05) is 5.33 Å². The lowest BCUT2D eigenvalue weighted by Gasteiger charge is -2.39. The van der Waals surface area contributed by atoms with E-state index in [0.717, 1.165) is 0 Å². The van der Waals surface area contributed by atoms with Crippen LogP contribution in [0.5, 0.6) is 0 Å². The van der Waals surface area contributed by atoms with Crippen molar-refractivity contribution in [2.45, 2.75) is 91.4 Å². The second-order valence-corrected chi connectivity index (χ2v) is 7.55. The molecule has 0 aliphatic carbocycles. The summed E-state index contributed by atoms with van der Waals surface area (Å²) in [4.78, 5) is 0. The van der Waals surface area contributed by atoms with E-state index in [1.54, 1.807) is 0 Å². The van der Waals surface area contributed by atoms with Crippen LogP contribution in [0.2, 0.25) is 0 Å². The summed E-state index contributed by atoms with van der Waals surface area (Å²) in [5, 5.41) is 1.17. The third kappa shape index (κ3) is 13.2. The first-order valence-corrected chi connectivity index (χ1v) is 10.8. The summed E-state index contributed by atoms with van der Waals surface area (Å²) in [6.07, 6.45) is 15.3. The first-order valence-electron chi connectivity index (χ1n) is 9.65. The van der Waals surface area contributed by atoms with E-state index in [1.807, 2.05) is 0 Å².